The molecule has 21 heavy (non-hydrogen) atoms. The smallest absolute Gasteiger partial charge is 0.317 e. The number of urea groups is 1. The van der Waals surface area contributed by atoms with Crippen molar-refractivity contribution in [3.8, 4) is 0 Å². The van der Waals surface area contributed by atoms with Crippen LogP contribution in [0.2, 0.25) is 0 Å². The number of piperidine rings is 1. The van der Waals surface area contributed by atoms with Gasteiger partial charge in [0.1, 0.15) is 12.2 Å². The molecule has 0 aromatic carbocycles. The highest BCUT2D eigenvalue weighted by Gasteiger charge is 2.22. The highest BCUT2D eigenvalue weighted by Crippen LogP contribution is 2.21. The number of aromatic amines is 1. The maximum Gasteiger partial charge on any atom is 0.317 e. The summed E-state index contributed by atoms with van der Waals surface area (Å²) in [5.74, 6) is 0.421. The van der Waals surface area contributed by atoms with Crippen molar-refractivity contribution in [2.75, 3.05) is 19.6 Å². The van der Waals surface area contributed by atoms with Gasteiger partial charge in [-0.25, -0.2) is 9.78 Å². The number of hydrogen-bond donors (Lipinski definition) is 3. The van der Waals surface area contributed by atoms with Crippen LogP contribution >= 0.6 is 0 Å². The van der Waals surface area contributed by atoms with Crippen molar-refractivity contribution in [1.82, 2.24) is 25.4 Å². The lowest BCUT2D eigenvalue weighted by Gasteiger charge is -2.31. The molecule has 1 saturated heterocycles. The first-order valence-electron chi connectivity index (χ1n) is 7.24. The zero-order chi connectivity index (χ0) is 15.1. The minimum atomic E-state index is -0.748. The normalized spacial score (nSPS) is 15.9. The molecule has 0 saturated carbocycles. The maximum absolute atomic E-state index is 12.0. The van der Waals surface area contributed by atoms with E-state index in [-0.39, 0.29) is 12.5 Å². The third-order valence-electron chi connectivity index (χ3n) is 3.77. The Bertz CT molecular complexity index is 454. The van der Waals surface area contributed by atoms with Gasteiger partial charge < -0.3 is 15.3 Å². The standard InChI is InChI=1S/C13H21N5O3/c19-12(20)2-1-10-4-7-18(8-5-10)13(21)14-6-3-11-15-9-16-17-11/h9-10H,1-8H2,(H,14,21)(H,19,20)(H,15,16,17). The van der Waals surface area contributed by atoms with E-state index in [1.54, 1.807) is 4.90 Å². The van der Waals surface area contributed by atoms with Gasteiger partial charge in [0, 0.05) is 32.5 Å². The predicted molar refractivity (Wildman–Crippen MR) is 74.7 cm³/mol. The molecule has 0 spiro atoms. The molecule has 1 aliphatic rings. The number of likely N-dealkylation sites (tertiary alicyclic amines) is 1. The summed E-state index contributed by atoms with van der Waals surface area (Å²) in [7, 11) is 0. The van der Waals surface area contributed by atoms with Crippen LogP contribution in [0, 0.1) is 5.92 Å². The summed E-state index contributed by atoms with van der Waals surface area (Å²) in [4.78, 5) is 28.3. The van der Waals surface area contributed by atoms with Crippen LogP contribution < -0.4 is 5.32 Å². The molecule has 1 fully saturated rings. The predicted octanol–water partition coefficient (Wildman–Crippen LogP) is 0.634. The number of amides is 2. The number of carboxylic acid groups (broad SMARTS) is 1. The number of nitrogens with zero attached hydrogens (tertiary/aromatic N) is 3. The van der Waals surface area contributed by atoms with Gasteiger partial charge in [-0.15, -0.1) is 0 Å². The van der Waals surface area contributed by atoms with Crippen molar-refractivity contribution in [3.05, 3.63) is 12.2 Å². The van der Waals surface area contributed by atoms with Crippen LogP contribution in [0.15, 0.2) is 6.33 Å². The SMILES string of the molecule is O=C(O)CCC1CCN(C(=O)NCCc2ncn[nH]2)CC1. The van der Waals surface area contributed by atoms with Crippen molar-refractivity contribution in [3.63, 3.8) is 0 Å². The van der Waals surface area contributed by atoms with E-state index >= 15 is 0 Å². The minimum Gasteiger partial charge on any atom is -0.481 e. The quantitative estimate of drug-likeness (QED) is 0.713. The number of hydrogen-bond acceptors (Lipinski definition) is 4. The summed E-state index contributed by atoms with van der Waals surface area (Å²) >= 11 is 0. The van der Waals surface area contributed by atoms with Gasteiger partial charge in [-0.05, 0) is 25.2 Å². The van der Waals surface area contributed by atoms with Gasteiger partial charge in [-0.1, -0.05) is 0 Å². The van der Waals surface area contributed by atoms with Crippen molar-refractivity contribution in [1.29, 1.82) is 0 Å². The lowest BCUT2D eigenvalue weighted by molar-refractivity contribution is -0.137. The van der Waals surface area contributed by atoms with E-state index in [9.17, 15) is 9.59 Å². The maximum atomic E-state index is 12.0. The molecule has 1 aromatic rings. The lowest BCUT2D eigenvalue weighted by atomic mass is 9.92. The molecule has 2 rings (SSSR count). The molecule has 116 valence electrons. The van der Waals surface area contributed by atoms with Crippen molar-refractivity contribution in [2.24, 2.45) is 5.92 Å². The summed E-state index contributed by atoms with van der Waals surface area (Å²) in [6, 6.07) is -0.0637. The summed E-state index contributed by atoms with van der Waals surface area (Å²) in [6.07, 6.45) is 4.75. The topological polar surface area (TPSA) is 111 Å². The van der Waals surface area contributed by atoms with Crippen LogP contribution in [0.5, 0.6) is 0 Å². The van der Waals surface area contributed by atoms with Gasteiger partial charge in [-0.3, -0.25) is 9.89 Å². The molecule has 2 heterocycles. The monoisotopic (exact) mass is 295 g/mol. The van der Waals surface area contributed by atoms with Gasteiger partial charge in [0.05, 0.1) is 0 Å². The van der Waals surface area contributed by atoms with Crippen LogP contribution in [0.3, 0.4) is 0 Å². The molecule has 0 unspecified atom stereocenters. The summed E-state index contributed by atoms with van der Waals surface area (Å²) in [5, 5.41) is 18.0. The van der Waals surface area contributed by atoms with Gasteiger partial charge in [0.25, 0.3) is 0 Å². The van der Waals surface area contributed by atoms with Gasteiger partial charge in [-0.2, -0.15) is 5.10 Å². The van der Waals surface area contributed by atoms with Crippen LogP contribution in [0.25, 0.3) is 0 Å². The van der Waals surface area contributed by atoms with Crippen LogP contribution in [-0.2, 0) is 11.2 Å². The molecule has 2 amide bonds. The van der Waals surface area contributed by atoms with Crippen molar-refractivity contribution >= 4 is 12.0 Å². The zero-order valence-electron chi connectivity index (χ0n) is 11.9. The van der Waals surface area contributed by atoms with E-state index in [4.69, 9.17) is 5.11 Å². The summed E-state index contributed by atoms with van der Waals surface area (Å²) in [6.45, 7) is 1.91. The van der Waals surface area contributed by atoms with Crippen LogP contribution in [0.4, 0.5) is 4.79 Å². The largest absolute Gasteiger partial charge is 0.481 e. The molecule has 3 N–H and O–H groups in total. The Morgan fingerprint density at radius 1 is 1.43 bits per heavy atom. The third kappa shape index (κ3) is 5.05. The minimum absolute atomic E-state index is 0.0637. The summed E-state index contributed by atoms with van der Waals surface area (Å²) in [5.41, 5.74) is 0. The first-order chi connectivity index (χ1) is 10.1. The summed E-state index contributed by atoms with van der Waals surface area (Å²) < 4.78 is 0. The van der Waals surface area contributed by atoms with E-state index in [2.05, 4.69) is 20.5 Å². The van der Waals surface area contributed by atoms with Gasteiger partial charge in [0.15, 0.2) is 0 Å². The number of nitrogens with one attached hydrogen (secondary N) is 2. The van der Waals surface area contributed by atoms with Crippen molar-refractivity contribution in [2.45, 2.75) is 32.1 Å². The van der Waals surface area contributed by atoms with E-state index in [0.29, 0.717) is 38.4 Å². The number of aliphatic carboxylic acids is 1. The van der Waals surface area contributed by atoms with E-state index in [0.717, 1.165) is 18.7 Å². The highest BCUT2D eigenvalue weighted by molar-refractivity contribution is 5.74. The second kappa shape index (κ2) is 7.61. The second-order valence-electron chi connectivity index (χ2n) is 5.28. The Labute approximate surface area is 122 Å². The molecule has 8 nitrogen and oxygen atoms in total. The molecule has 0 bridgehead atoms. The number of H-pyrrole nitrogens is 1. The van der Waals surface area contributed by atoms with Crippen LogP contribution in [-0.4, -0.2) is 56.8 Å². The Hall–Kier alpha value is -2.12. The molecule has 1 aliphatic heterocycles. The lowest BCUT2D eigenvalue weighted by Crippen LogP contribution is -2.45. The number of carboxylic acids is 1. The van der Waals surface area contributed by atoms with E-state index < -0.39 is 5.97 Å². The van der Waals surface area contributed by atoms with Gasteiger partial charge in [0.2, 0.25) is 0 Å². The van der Waals surface area contributed by atoms with Crippen LogP contribution in [0.1, 0.15) is 31.5 Å². The van der Waals surface area contributed by atoms with Gasteiger partial charge >= 0.3 is 12.0 Å². The Balaban J connectivity index is 1.62. The second-order valence-corrected chi connectivity index (χ2v) is 5.28. The first-order valence-corrected chi connectivity index (χ1v) is 7.24. The molecule has 0 aliphatic carbocycles. The number of rotatable bonds is 6. The Morgan fingerprint density at radius 2 is 2.19 bits per heavy atom. The highest BCUT2D eigenvalue weighted by atomic mass is 16.4. The Kier molecular flexibility index (Phi) is 5.53. The number of aromatic nitrogens is 3. The number of carbonyl (C=O) groups excluding carboxylic acids is 1. The first kappa shape index (κ1) is 15.3. The van der Waals surface area contributed by atoms with E-state index in [1.165, 1.54) is 6.33 Å². The fourth-order valence-electron chi connectivity index (χ4n) is 2.50. The fraction of sp³-hybridized carbons (Fsp3) is 0.692. The average Bonchev–Trinajstić information content (AvgIpc) is 2.99. The molecular weight excluding hydrogens is 274 g/mol. The van der Waals surface area contributed by atoms with E-state index in [1.807, 2.05) is 0 Å². The molecule has 1 aromatic heterocycles. The molecule has 0 atom stereocenters. The molecule has 0 radical (unpaired) electrons. The number of carbonyl (C=O) groups is 2. The zero-order valence-corrected chi connectivity index (χ0v) is 11.9. The molecule has 8 heteroatoms. The third-order valence-corrected chi connectivity index (χ3v) is 3.77. The fourth-order valence-corrected chi connectivity index (χ4v) is 2.50. The van der Waals surface area contributed by atoms with Crippen molar-refractivity contribution < 1.29 is 14.7 Å². The average molecular weight is 295 g/mol. The Morgan fingerprint density at radius 3 is 2.81 bits per heavy atom. The molecular formula is C13H21N5O3.